The molecule has 180 valence electrons. The number of halogens is 3. The molecular formula is C23H24F3N5O3. The Balaban J connectivity index is 1.32. The van der Waals surface area contributed by atoms with E-state index >= 15 is 0 Å². The number of anilines is 1. The second-order valence-corrected chi connectivity index (χ2v) is 8.66. The summed E-state index contributed by atoms with van der Waals surface area (Å²) in [7, 11) is 0. The van der Waals surface area contributed by atoms with Gasteiger partial charge in [0, 0.05) is 61.7 Å². The largest absolute Gasteiger partial charge is 0.573 e. The number of alkyl halides is 3. The van der Waals surface area contributed by atoms with Gasteiger partial charge in [-0.15, -0.1) is 13.2 Å². The predicted molar refractivity (Wildman–Crippen MR) is 117 cm³/mol. The lowest BCUT2D eigenvalue weighted by molar-refractivity contribution is -0.274. The topological polar surface area (TPSA) is 106 Å². The second kappa shape index (κ2) is 8.79. The van der Waals surface area contributed by atoms with Gasteiger partial charge < -0.3 is 25.1 Å². The lowest BCUT2D eigenvalue weighted by Gasteiger charge is -2.21. The molecule has 34 heavy (non-hydrogen) atoms. The number of aromatic amines is 1. The van der Waals surface area contributed by atoms with Gasteiger partial charge in [0.25, 0.3) is 5.91 Å². The van der Waals surface area contributed by atoms with Crippen LogP contribution in [0.3, 0.4) is 0 Å². The molecule has 1 atom stereocenters. The van der Waals surface area contributed by atoms with Crippen molar-refractivity contribution in [2.45, 2.75) is 37.5 Å². The van der Waals surface area contributed by atoms with Crippen LogP contribution in [0, 0.1) is 0 Å². The Morgan fingerprint density at radius 1 is 1.21 bits per heavy atom. The summed E-state index contributed by atoms with van der Waals surface area (Å²) >= 11 is 0. The first-order valence-electron chi connectivity index (χ1n) is 11.1. The molecule has 3 aromatic rings. The highest BCUT2D eigenvalue weighted by atomic mass is 19.4. The van der Waals surface area contributed by atoms with Crippen LogP contribution in [0.15, 0.2) is 30.6 Å². The van der Waals surface area contributed by atoms with Crippen LogP contribution in [0.5, 0.6) is 5.75 Å². The number of benzene rings is 1. The standard InChI is InChI=1S/C23H24F3N5O3/c24-23(25,26)34-15-1-2-16(18(27)9-15)22(32)31-6-3-14(12-31)17-10-28-21-20(17)30-19(11-29-21)13-4-7-33-8-5-13/h1-2,9-11,13-14H,3-8,12,27H2,(H,28,29). The van der Waals surface area contributed by atoms with Crippen molar-refractivity contribution in [3.63, 3.8) is 0 Å². The number of hydrogen-bond donors (Lipinski definition) is 2. The smallest absolute Gasteiger partial charge is 0.406 e. The Kier molecular flexibility index (Phi) is 5.80. The molecule has 11 heteroatoms. The van der Waals surface area contributed by atoms with E-state index in [-0.39, 0.29) is 23.1 Å². The number of carbonyl (C=O) groups is 1. The predicted octanol–water partition coefficient (Wildman–Crippen LogP) is 3.96. The first-order chi connectivity index (χ1) is 16.3. The Bertz CT molecular complexity index is 1210. The molecule has 1 unspecified atom stereocenters. The lowest BCUT2D eigenvalue weighted by atomic mass is 9.96. The Morgan fingerprint density at radius 3 is 2.74 bits per heavy atom. The van der Waals surface area contributed by atoms with Crippen LogP contribution < -0.4 is 10.5 Å². The van der Waals surface area contributed by atoms with E-state index in [4.69, 9.17) is 15.5 Å². The van der Waals surface area contributed by atoms with Crippen LogP contribution in [-0.2, 0) is 4.74 Å². The summed E-state index contributed by atoms with van der Waals surface area (Å²) in [6.45, 7) is 2.39. The van der Waals surface area contributed by atoms with Gasteiger partial charge >= 0.3 is 6.36 Å². The Labute approximate surface area is 193 Å². The number of aromatic nitrogens is 3. The maximum absolute atomic E-state index is 13.0. The normalized spacial score (nSPS) is 19.6. The van der Waals surface area contributed by atoms with E-state index in [1.54, 1.807) is 4.90 Å². The Morgan fingerprint density at radius 2 is 2.00 bits per heavy atom. The van der Waals surface area contributed by atoms with Crippen LogP contribution >= 0.6 is 0 Å². The zero-order valence-corrected chi connectivity index (χ0v) is 18.3. The first-order valence-corrected chi connectivity index (χ1v) is 11.1. The molecule has 2 saturated heterocycles. The maximum atomic E-state index is 13.0. The number of amides is 1. The van der Waals surface area contributed by atoms with E-state index < -0.39 is 12.1 Å². The lowest BCUT2D eigenvalue weighted by Crippen LogP contribution is -2.29. The molecule has 2 aliphatic heterocycles. The number of carbonyl (C=O) groups excluding carboxylic acids is 1. The van der Waals surface area contributed by atoms with Crippen LogP contribution in [0.25, 0.3) is 11.2 Å². The van der Waals surface area contributed by atoms with Gasteiger partial charge in [-0.05, 0) is 31.4 Å². The molecule has 0 spiro atoms. The van der Waals surface area contributed by atoms with Crippen LogP contribution in [0.1, 0.15) is 52.7 Å². The van der Waals surface area contributed by atoms with Crippen molar-refractivity contribution in [1.82, 2.24) is 19.9 Å². The minimum absolute atomic E-state index is 0.0609. The van der Waals surface area contributed by atoms with E-state index in [9.17, 15) is 18.0 Å². The first kappa shape index (κ1) is 22.5. The van der Waals surface area contributed by atoms with Crippen LogP contribution in [-0.4, -0.2) is 58.4 Å². The number of nitrogens with two attached hydrogens (primary N) is 1. The van der Waals surface area contributed by atoms with E-state index in [1.165, 1.54) is 6.07 Å². The van der Waals surface area contributed by atoms with E-state index in [0.29, 0.717) is 24.7 Å². The van der Waals surface area contributed by atoms with E-state index in [1.807, 2.05) is 12.4 Å². The molecule has 4 heterocycles. The zero-order valence-electron chi connectivity index (χ0n) is 18.3. The minimum atomic E-state index is -4.83. The van der Waals surface area contributed by atoms with Gasteiger partial charge in [0.15, 0.2) is 5.65 Å². The van der Waals surface area contributed by atoms with Gasteiger partial charge in [-0.2, -0.15) is 0 Å². The summed E-state index contributed by atoms with van der Waals surface area (Å²) in [4.78, 5) is 27.3. The molecule has 0 aliphatic carbocycles. The number of nitrogen functional groups attached to an aromatic ring is 1. The monoisotopic (exact) mass is 475 g/mol. The molecule has 1 aromatic carbocycles. The third kappa shape index (κ3) is 4.52. The molecule has 0 saturated carbocycles. The van der Waals surface area contributed by atoms with Crippen molar-refractivity contribution in [2.75, 3.05) is 32.0 Å². The molecule has 5 rings (SSSR count). The average molecular weight is 475 g/mol. The Hall–Kier alpha value is -3.34. The summed E-state index contributed by atoms with van der Waals surface area (Å²) in [5.41, 5.74) is 9.45. The van der Waals surface area contributed by atoms with Crippen molar-refractivity contribution in [3.8, 4) is 5.75 Å². The fraction of sp³-hybridized carbons (Fsp3) is 0.435. The average Bonchev–Trinajstić information content (AvgIpc) is 3.45. The van der Waals surface area contributed by atoms with Gasteiger partial charge in [0.1, 0.15) is 11.3 Å². The van der Waals surface area contributed by atoms with E-state index in [0.717, 1.165) is 61.4 Å². The number of hydrogen-bond acceptors (Lipinski definition) is 6. The number of ether oxygens (including phenoxy) is 2. The van der Waals surface area contributed by atoms with Crippen molar-refractivity contribution in [3.05, 3.63) is 47.4 Å². The fourth-order valence-corrected chi connectivity index (χ4v) is 4.73. The maximum Gasteiger partial charge on any atom is 0.573 e. The summed E-state index contributed by atoms with van der Waals surface area (Å²) < 4.78 is 46.6. The van der Waals surface area contributed by atoms with Gasteiger partial charge in [0.2, 0.25) is 0 Å². The molecule has 2 aliphatic rings. The highest BCUT2D eigenvalue weighted by molar-refractivity contribution is 5.99. The van der Waals surface area contributed by atoms with Gasteiger partial charge in [0.05, 0.1) is 17.5 Å². The zero-order chi connectivity index (χ0) is 23.9. The number of rotatable bonds is 4. The number of nitrogens with one attached hydrogen (secondary N) is 1. The molecule has 0 radical (unpaired) electrons. The second-order valence-electron chi connectivity index (χ2n) is 8.66. The van der Waals surface area contributed by atoms with Crippen LogP contribution in [0.4, 0.5) is 18.9 Å². The number of likely N-dealkylation sites (tertiary alicyclic amines) is 1. The summed E-state index contributed by atoms with van der Waals surface area (Å²) in [6, 6.07) is 3.38. The summed E-state index contributed by atoms with van der Waals surface area (Å²) in [6.07, 6.45) is 1.45. The molecule has 2 fully saturated rings. The highest BCUT2D eigenvalue weighted by Gasteiger charge is 2.33. The van der Waals surface area contributed by atoms with Crippen molar-refractivity contribution in [2.24, 2.45) is 0 Å². The van der Waals surface area contributed by atoms with Crippen molar-refractivity contribution < 1.29 is 27.4 Å². The molecular weight excluding hydrogens is 451 g/mol. The number of fused-ring (bicyclic) bond motifs is 1. The number of nitrogens with zero attached hydrogens (tertiary/aromatic N) is 3. The minimum Gasteiger partial charge on any atom is -0.406 e. The van der Waals surface area contributed by atoms with Gasteiger partial charge in [-0.3, -0.25) is 4.79 Å². The molecule has 3 N–H and O–H groups in total. The molecule has 0 bridgehead atoms. The molecule has 1 amide bonds. The third-order valence-electron chi connectivity index (χ3n) is 6.47. The number of H-pyrrole nitrogens is 1. The van der Waals surface area contributed by atoms with Crippen molar-refractivity contribution in [1.29, 1.82) is 0 Å². The van der Waals surface area contributed by atoms with Gasteiger partial charge in [-0.25, -0.2) is 9.97 Å². The molecule has 8 nitrogen and oxygen atoms in total. The summed E-state index contributed by atoms with van der Waals surface area (Å²) in [5, 5.41) is 0. The van der Waals surface area contributed by atoms with Crippen molar-refractivity contribution >= 4 is 22.8 Å². The SMILES string of the molecule is Nc1cc(OC(F)(F)F)ccc1C(=O)N1CCC(c2c[nH]c3ncc(C4CCOCC4)nc23)C1. The summed E-state index contributed by atoms with van der Waals surface area (Å²) in [5.74, 6) is -0.403. The van der Waals surface area contributed by atoms with Crippen LogP contribution in [0.2, 0.25) is 0 Å². The fourth-order valence-electron chi connectivity index (χ4n) is 4.73. The van der Waals surface area contributed by atoms with Gasteiger partial charge in [-0.1, -0.05) is 0 Å². The highest BCUT2D eigenvalue weighted by Crippen LogP contribution is 2.34. The van der Waals surface area contributed by atoms with E-state index in [2.05, 4.69) is 14.7 Å². The quantitative estimate of drug-likeness (QED) is 0.554. The third-order valence-corrected chi connectivity index (χ3v) is 6.47. The molecule has 2 aromatic heterocycles.